The molecule has 0 unspecified atom stereocenters. The average molecular weight is 348 g/mol. The van der Waals surface area contributed by atoms with Crippen LogP contribution in [0.2, 0.25) is 0 Å². The summed E-state index contributed by atoms with van der Waals surface area (Å²) >= 11 is 3.63. The Hall–Kier alpha value is -0.830. The van der Waals surface area contributed by atoms with Crippen LogP contribution in [0.4, 0.5) is 5.69 Å². The standard InChI is InChI=1S/C18H22BrNO/c1-11(21)20-17-3-2-15(19)7-16(17)18-8-12-4-13(9-18)6-14(5-12)10-18/h2-3,7,12-14H,4-6,8-10H2,1H3,(H,20,21). The number of benzene rings is 1. The van der Waals surface area contributed by atoms with Crippen LogP contribution in [0.5, 0.6) is 0 Å². The van der Waals surface area contributed by atoms with E-state index in [1.54, 1.807) is 6.92 Å². The van der Waals surface area contributed by atoms with Crippen molar-refractivity contribution in [3.8, 4) is 0 Å². The molecule has 1 aromatic carbocycles. The molecule has 0 heterocycles. The lowest BCUT2D eigenvalue weighted by Gasteiger charge is -2.57. The Labute approximate surface area is 134 Å². The third kappa shape index (κ3) is 2.34. The van der Waals surface area contributed by atoms with Gasteiger partial charge in [0, 0.05) is 17.1 Å². The molecule has 4 aliphatic carbocycles. The van der Waals surface area contributed by atoms with Gasteiger partial charge in [-0.3, -0.25) is 4.79 Å². The summed E-state index contributed by atoms with van der Waals surface area (Å²) in [6.07, 6.45) is 8.31. The minimum Gasteiger partial charge on any atom is -0.326 e. The number of hydrogen-bond donors (Lipinski definition) is 1. The highest BCUT2D eigenvalue weighted by molar-refractivity contribution is 9.10. The number of nitrogens with one attached hydrogen (secondary N) is 1. The third-order valence-corrected chi connectivity index (χ3v) is 6.40. The lowest BCUT2D eigenvalue weighted by Crippen LogP contribution is -2.48. The highest BCUT2D eigenvalue weighted by atomic mass is 79.9. The molecule has 4 fully saturated rings. The monoisotopic (exact) mass is 347 g/mol. The van der Waals surface area contributed by atoms with E-state index in [2.05, 4.69) is 33.4 Å². The Morgan fingerprint density at radius 1 is 1.14 bits per heavy atom. The number of anilines is 1. The van der Waals surface area contributed by atoms with Gasteiger partial charge in [0.05, 0.1) is 0 Å². The van der Waals surface area contributed by atoms with E-state index < -0.39 is 0 Å². The number of amides is 1. The summed E-state index contributed by atoms with van der Waals surface area (Å²) in [4.78, 5) is 11.6. The fourth-order valence-electron chi connectivity index (χ4n) is 5.69. The zero-order valence-corrected chi connectivity index (χ0v) is 14.1. The second kappa shape index (κ2) is 4.84. The second-order valence-electron chi connectivity index (χ2n) is 7.57. The minimum absolute atomic E-state index is 0.0308. The number of hydrogen-bond acceptors (Lipinski definition) is 1. The molecule has 1 amide bonds. The van der Waals surface area contributed by atoms with Crippen molar-refractivity contribution in [2.45, 2.75) is 50.9 Å². The maximum Gasteiger partial charge on any atom is 0.221 e. The molecule has 3 heteroatoms. The average Bonchev–Trinajstić information content (AvgIpc) is 2.38. The SMILES string of the molecule is CC(=O)Nc1ccc(Br)cc1C12CC3CC(CC(C3)C1)C2. The molecule has 4 saturated carbocycles. The number of rotatable bonds is 2. The maximum absolute atomic E-state index is 11.6. The second-order valence-corrected chi connectivity index (χ2v) is 8.48. The molecule has 112 valence electrons. The smallest absolute Gasteiger partial charge is 0.221 e. The highest BCUT2D eigenvalue weighted by Gasteiger charge is 2.52. The van der Waals surface area contributed by atoms with Crippen LogP contribution in [0.3, 0.4) is 0 Å². The molecule has 21 heavy (non-hydrogen) atoms. The number of halogens is 1. The van der Waals surface area contributed by atoms with E-state index in [0.717, 1.165) is 27.9 Å². The molecular formula is C18H22BrNO. The summed E-state index contributed by atoms with van der Waals surface area (Å²) in [5.74, 6) is 2.78. The molecular weight excluding hydrogens is 326 g/mol. The van der Waals surface area contributed by atoms with Crippen molar-refractivity contribution in [3.63, 3.8) is 0 Å². The summed E-state index contributed by atoms with van der Waals surface area (Å²) in [6.45, 7) is 1.60. The first-order valence-electron chi connectivity index (χ1n) is 8.12. The van der Waals surface area contributed by atoms with Crippen molar-refractivity contribution < 1.29 is 4.79 Å². The summed E-state index contributed by atoms with van der Waals surface area (Å²) in [5, 5.41) is 3.07. The highest BCUT2D eigenvalue weighted by Crippen LogP contribution is 2.61. The summed E-state index contributed by atoms with van der Waals surface area (Å²) in [7, 11) is 0. The van der Waals surface area contributed by atoms with Crippen molar-refractivity contribution in [2.24, 2.45) is 17.8 Å². The van der Waals surface area contributed by atoms with E-state index in [-0.39, 0.29) is 5.91 Å². The lowest BCUT2D eigenvalue weighted by atomic mass is 9.48. The molecule has 1 aromatic rings. The van der Waals surface area contributed by atoms with Crippen LogP contribution in [0.1, 0.15) is 51.0 Å². The van der Waals surface area contributed by atoms with Gasteiger partial charge in [0.15, 0.2) is 0 Å². The first kappa shape index (κ1) is 13.8. The maximum atomic E-state index is 11.6. The lowest BCUT2D eigenvalue weighted by molar-refractivity contribution is -0.114. The molecule has 1 N–H and O–H groups in total. The van der Waals surface area contributed by atoms with E-state index in [1.165, 1.54) is 44.1 Å². The van der Waals surface area contributed by atoms with Crippen LogP contribution in [-0.4, -0.2) is 5.91 Å². The fraction of sp³-hybridized carbons (Fsp3) is 0.611. The summed E-state index contributed by atoms with van der Waals surface area (Å²) in [5.41, 5.74) is 2.73. The van der Waals surface area contributed by atoms with Gasteiger partial charge >= 0.3 is 0 Å². The first-order chi connectivity index (χ1) is 10.0. The van der Waals surface area contributed by atoms with E-state index in [9.17, 15) is 4.79 Å². The molecule has 4 aliphatic rings. The van der Waals surface area contributed by atoms with Gasteiger partial charge in [-0.25, -0.2) is 0 Å². The van der Waals surface area contributed by atoms with Gasteiger partial charge in [-0.15, -0.1) is 0 Å². The van der Waals surface area contributed by atoms with Crippen LogP contribution >= 0.6 is 15.9 Å². The third-order valence-electron chi connectivity index (χ3n) is 5.90. The Bertz CT molecular complexity index is 560. The predicted molar refractivity (Wildman–Crippen MR) is 88.3 cm³/mol. The number of carbonyl (C=O) groups excluding carboxylic acids is 1. The molecule has 0 aromatic heterocycles. The molecule has 0 spiro atoms. The van der Waals surface area contributed by atoms with E-state index in [1.807, 2.05) is 6.07 Å². The summed E-state index contributed by atoms with van der Waals surface area (Å²) < 4.78 is 1.13. The van der Waals surface area contributed by atoms with Crippen LogP contribution in [0, 0.1) is 17.8 Å². The zero-order chi connectivity index (χ0) is 14.6. The van der Waals surface area contributed by atoms with E-state index in [0.29, 0.717) is 5.41 Å². The summed E-state index contributed by atoms with van der Waals surface area (Å²) in [6, 6.07) is 6.37. The Balaban J connectivity index is 1.78. The fourth-order valence-corrected chi connectivity index (χ4v) is 6.06. The molecule has 0 aliphatic heterocycles. The Morgan fingerprint density at radius 2 is 1.71 bits per heavy atom. The van der Waals surface area contributed by atoms with Gasteiger partial charge in [0.2, 0.25) is 5.91 Å². The molecule has 4 bridgehead atoms. The largest absolute Gasteiger partial charge is 0.326 e. The van der Waals surface area contributed by atoms with Gasteiger partial charge in [-0.05, 0) is 85.5 Å². The minimum atomic E-state index is 0.0308. The van der Waals surface area contributed by atoms with Crippen molar-refractivity contribution >= 4 is 27.5 Å². The topological polar surface area (TPSA) is 29.1 Å². The molecule has 0 saturated heterocycles. The van der Waals surface area contributed by atoms with Crippen molar-refractivity contribution in [2.75, 3.05) is 5.32 Å². The Kier molecular flexibility index (Phi) is 3.18. The van der Waals surface area contributed by atoms with Crippen molar-refractivity contribution in [1.29, 1.82) is 0 Å². The predicted octanol–water partition coefficient (Wildman–Crippen LogP) is 4.88. The number of carbonyl (C=O) groups is 1. The van der Waals surface area contributed by atoms with E-state index in [4.69, 9.17) is 0 Å². The zero-order valence-electron chi connectivity index (χ0n) is 12.5. The van der Waals surface area contributed by atoms with Crippen LogP contribution in [0.15, 0.2) is 22.7 Å². The van der Waals surface area contributed by atoms with E-state index >= 15 is 0 Å². The van der Waals surface area contributed by atoms with Gasteiger partial charge in [0.25, 0.3) is 0 Å². The van der Waals surface area contributed by atoms with Crippen LogP contribution < -0.4 is 5.32 Å². The van der Waals surface area contributed by atoms with Crippen molar-refractivity contribution in [1.82, 2.24) is 0 Å². The molecule has 0 radical (unpaired) electrons. The van der Waals surface area contributed by atoms with Crippen LogP contribution in [0.25, 0.3) is 0 Å². The molecule has 2 nitrogen and oxygen atoms in total. The van der Waals surface area contributed by atoms with Crippen molar-refractivity contribution in [3.05, 3.63) is 28.2 Å². The molecule has 0 atom stereocenters. The Morgan fingerprint density at radius 3 is 2.24 bits per heavy atom. The first-order valence-corrected chi connectivity index (χ1v) is 8.91. The quantitative estimate of drug-likeness (QED) is 0.811. The van der Waals surface area contributed by atoms with Gasteiger partial charge in [-0.2, -0.15) is 0 Å². The van der Waals surface area contributed by atoms with Crippen LogP contribution in [-0.2, 0) is 10.2 Å². The molecule has 5 rings (SSSR count). The van der Waals surface area contributed by atoms with Gasteiger partial charge < -0.3 is 5.32 Å². The normalized spacial score (nSPS) is 36.8. The van der Waals surface area contributed by atoms with Gasteiger partial charge in [-0.1, -0.05) is 15.9 Å². The van der Waals surface area contributed by atoms with Gasteiger partial charge in [0.1, 0.15) is 0 Å².